The Bertz CT molecular complexity index is 1030. The van der Waals surface area contributed by atoms with Crippen LogP contribution in [0.5, 0.6) is 5.75 Å². The third-order valence-corrected chi connectivity index (χ3v) is 5.40. The van der Waals surface area contributed by atoms with Gasteiger partial charge in [0.15, 0.2) is 5.65 Å². The number of ether oxygens (including phenoxy) is 1. The van der Waals surface area contributed by atoms with Gasteiger partial charge in [0.2, 0.25) is 0 Å². The number of nitrogens with one attached hydrogen (secondary N) is 1. The van der Waals surface area contributed by atoms with Crippen LogP contribution < -0.4 is 10.1 Å². The number of pyridine rings is 2. The number of aromatic nitrogens is 2. The van der Waals surface area contributed by atoms with Crippen LogP contribution in [0.3, 0.4) is 0 Å². The van der Waals surface area contributed by atoms with Crippen LogP contribution in [-0.4, -0.2) is 41.0 Å². The van der Waals surface area contributed by atoms with Gasteiger partial charge in [-0.25, -0.2) is 9.97 Å². The lowest BCUT2D eigenvalue weighted by molar-refractivity contribution is 0.0684. The summed E-state index contributed by atoms with van der Waals surface area (Å²) in [5.74, 6) is 1.32. The molecule has 1 atom stereocenters. The number of nitrogens with zero attached hydrogens (tertiary/aromatic N) is 3. The smallest absolute Gasteiger partial charge is 0.257 e. The molecule has 150 valence electrons. The highest BCUT2D eigenvalue weighted by Crippen LogP contribution is 2.31. The number of anilines is 2. The Labute approximate surface area is 170 Å². The van der Waals surface area contributed by atoms with Crippen LogP contribution >= 0.6 is 0 Å². The first-order chi connectivity index (χ1) is 14.0. The SMILES string of the molecule is COc1ccc(Nc2c(C(=O)N3CCCC(C)C3)cnc3nc(C)ccc23)cc1. The van der Waals surface area contributed by atoms with Gasteiger partial charge in [0.05, 0.1) is 18.4 Å². The number of benzene rings is 1. The lowest BCUT2D eigenvalue weighted by Crippen LogP contribution is -2.39. The van der Waals surface area contributed by atoms with Gasteiger partial charge in [0.1, 0.15) is 5.75 Å². The molecule has 6 heteroatoms. The summed E-state index contributed by atoms with van der Waals surface area (Å²) in [6.45, 7) is 5.70. The summed E-state index contributed by atoms with van der Waals surface area (Å²) in [4.78, 5) is 24.3. The predicted molar refractivity (Wildman–Crippen MR) is 115 cm³/mol. The molecule has 0 spiro atoms. The lowest BCUT2D eigenvalue weighted by atomic mass is 9.99. The Balaban J connectivity index is 1.77. The molecule has 1 aromatic carbocycles. The van der Waals surface area contributed by atoms with E-state index in [1.165, 1.54) is 6.42 Å². The van der Waals surface area contributed by atoms with Gasteiger partial charge < -0.3 is 15.0 Å². The van der Waals surface area contributed by atoms with Crippen molar-refractivity contribution in [3.63, 3.8) is 0 Å². The molecular formula is C23H26N4O2. The molecule has 3 heterocycles. The van der Waals surface area contributed by atoms with E-state index in [4.69, 9.17) is 4.74 Å². The topological polar surface area (TPSA) is 67.3 Å². The summed E-state index contributed by atoms with van der Waals surface area (Å²) < 4.78 is 5.25. The number of piperidine rings is 1. The Morgan fingerprint density at radius 3 is 2.72 bits per heavy atom. The molecule has 1 saturated heterocycles. The van der Waals surface area contributed by atoms with Crippen LogP contribution in [0, 0.1) is 12.8 Å². The third kappa shape index (κ3) is 4.01. The minimum Gasteiger partial charge on any atom is -0.497 e. The number of carbonyl (C=O) groups is 1. The third-order valence-electron chi connectivity index (χ3n) is 5.40. The van der Waals surface area contributed by atoms with Gasteiger partial charge in [-0.1, -0.05) is 6.92 Å². The number of rotatable bonds is 4. The molecule has 1 fully saturated rings. The molecule has 4 rings (SSSR count). The van der Waals surface area contributed by atoms with Crippen LogP contribution in [0.2, 0.25) is 0 Å². The van der Waals surface area contributed by atoms with Crippen LogP contribution in [0.1, 0.15) is 35.8 Å². The van der Waals surface area contributed by atoms with Gasteiger partial charge in [0.25, 0.3) is 5.91 Å². The first-order valence-electron chi connectivity index (χ1n) is 10.0. The number of likely N-dealkylation sites (tertiary alicyclic amines) is 1. The molecular weight excluding hydrogens is 364 g/mol. The van der Waals surface area contributed by atoms with Gasteiger partial charge in [-0.15, -0.1) is 0 Å². The maximum atomic E-state index is 13.4. The number of fused-ring (bicyclic) bond motifs is 1. The summed E-state index contributed by atoms with van der Waals surface area (Å²) in [5.41, 5.74) is 3.72. The highest BCUT2D eigenvalue weighted by Gasteiger charge is 2.25. The second kappa shape index (κ2) is 8.07. The number of hydrogen-bond donors (Lipinski definition) is 1. The number of methoxy groups -OCH3 is 1. The molecule has 1 aliphatic heterocycles. The molecule has 29 heavy (non-hydrogen) atoms. The second-order valence-electron chi connectivity index (χ2n) is 7.72. The zero-order valence-electron chi connectivity index (χ0n) is 17.1. The molecule has 0 aliphatic carbocycles. The normalized spacial score (nSPS) is 16.7. The van der Waals surface area contributed by atoms with Crippen molar-refractivity contribution in [3.05, 3.63) is 53.9 Å². The van der Waals surface area contributed by atoms with E-state index in [1.54, 1.807) is 13.3 Å². The zero-order chi connectivity index (χ0) is 20.4. The van der Waals surface area contributed by atoms with Crippen molar-refractivity contribution in [1.29, 1.82) is 0 Å². The fourth-order valence-electron chi connectivity index (χ4n) is 3.83. The van der Waals surface area contributed by atoms with Crippen molar-refractivity contribution in [2.45, 2.75) is 26.7 Å². The molecule has 1 amide bonds. The number of carbonyl (C=O) groups excluding carboxylic acids is 1. The Kier molecular flexibility index (Phi) is 5.34. The highest BCUT2D eigenvalue weighted by atomic mass is 16.5. The van der Waals surface area contributed by atoms with Crippen molar-refractivity contribution >= 4 is 28.3 Å². The van der Waals surface area contributed by atoms with Gasteiger partial charge in [-0.3, -0.25) is 4.79 Å². The Morgan fingerprint density at radius 1 is 1.21 bits per heavy atom. The van der Waals surface area contributed by atoms with E-state index in [0.717, 1.165) is 47.7 Å². The van der Waals surface area contributed by atoms with E-state index in [-0.39, 0.29) is 5.91 Å². The Morgan fingerprint density at radius 2 is 2.00 bits per heavy atom. The summed E-state index contributed by atoms with van der Waals surface area (Å²) in [7, 11) is 1.64. The molecule has 1 aliphatic rings. The van der Waals surface area contributed by atoms with E-state index >= 15 is 0 Å². The summed E-state index contributed by atoms with van der Waals surface area (Å²) in [6, 6.07) is 11.6. The van der Waals surface area contributed by atoms with E-state index in [9.17, 15) is 4.79 Å². The minimum absolute atomic E-state index is 0.0162. The maximum Gasteiger partial charge on any atom is 0.257 e. The van der Waals surface area contributed by atoms with Crippen molar-refractivity contribution in [3.8, 4) is 5.75 Å². The maximum absolute atomic E-state index is 13.4. The number of aryl methyl sites for hydroxylation is 1. The first-order valence-corrected chi connectivity index (χ1v) is 10.0. The standard InChI is InChI=1S/C23H26N4O2/c1-15-5-4-12-27(14-15)23(28)20-13-24-22-19(11-6-16(2)25-22)21(20)26-17-7-9-18(29-3)10-8-17/h6-11,13,15H,4-5,12,14H2,1-3H3,(H,24,25,26). The number of hydrogen-bond acceptors (Lipinski definition) is 5. The molecule has 1 unspecified atom stereocenters. The first kappa shape index (κ1) is 19.2. The van der Waals surface area contributed by atoms with Crippen molar-refractivity contribution < 1.29 is 9.53 Å². The van der Waals surface area contributed by atoms with Crippen LogP contribution in [-0.2, 0) is 0 Å². The van der Waals surface area contributed by atoms with Gasteiger partial charge in [-0.2, -0.15) is 0 Å². The average Bonchev–Trinajstić information content (AvgIpc) is 2.74. The van der Waals surface area contributed by atoms with Gasteiger partial charge in [-0.05, 0) is 62.1 Å². The molecule has 0 bridgehead atoms. The van der Waals surface area contributed by atoms with Crippen LogP contribution in [0.15, 0.2) is 42.6 Å². The van der Waals surface area contributed by atoms with E-state index in [2.05, 4.69) is 22.2 Å². The van der Waals surface area contributed by atoms with Crippen molar-refractivity contribution in [1.82, 2.24) is 14.9 Å². The van der Waals surface area contributed by atoms with Crippen molar-refractivity contribution in [2.75, 3.05) is 25.5 Å². The largest absolute Gasteiger partial charge is 0.497 e. The summed E-state index contributed by atoms with van der Waals surface area (Å²) >= 11 is 0. The van der Waals surface area contributed by atoms with Gasteiger partial charge >= 0.3 is 0 Å². The molecule has 0 saturated carbocycles. The second-order valence-corrected chi connectivity index (χ2v) is 7.72. The highest BCUT2D eigenvalue weighted by molar-refractivity contribution is 6.07. The van der Waals surface area contributed by atoms with Crippen molar-refractivity contribution in [2.24, 2.45) is 5.92 Å². The van der Waals surface area contributed by atoms with E-state index in [0.29, 0.717) is 17.1 Å². The van der Waals surface area contributed by atoms with E-state index < -0.39 is 0 Å². The van der Waals surface area contributed by atoms with Gasteiger partial charge in [0, 0.05) is 36.1 Å². The molecule has 2 aromatic heterocycles. The lowest BCUT2D eigenvalue weighted by Gasteiger charge is -2.31. The zero-order valence-corrected chi connectivity index (χ0v) is 17.1. The fourth-order valence-corrected chi connectivity index (χ4v) is 3.83. The molecule has 0 radical (unpaired) electrons. The molecule has 6 nitrogen and oxygen atoms in total. The number of amides is 1. The Hall–Kier alpha value is -3.15. The fraction of sp³-hybridized carbons (Fsp3) is 0.348. The summed E-state index contributed by atoms with van der Waals surface area (Å²) in [6.07, 6.45) is 3.86. The monoisotopic (exact) mass is 390 g/mol. The summed E-state index contributed by atoms with van der Waals surface area (Å²) in [5, 5.41) is 4.27. The van der Waals surface area contributed by atoms with Crippen LogP contribution in [0.25, 0.3) is 11.0 Å². The quantitative estimate of drug-likeness (QED) is 0.707. The van der Waals surface area contributed by atoms with Crippen LogP contribution in [0.4, 0.5) is 11.4 Å². The molecule has 3 aromatic rings. The molecule has 1 N–H and O–H groups in total. The minimum atomic E-state index is 0.0162. The predicted octanol–water partition coefficient (Wildman–Crippen LogP) is 4.56. The van der Waals surface area contributed by atoms with E-state index in [1.807, 2.05) is 48.2 Å². The average molecular weight is 390 g/mol.